The summed E-state index contributed by atoms with van der Waals surface area (Å²) in [6.07, 6.45) is 11.9. The van der Waals surface area contributed by atoms with Crippen molar-refractivity contribution in [3.63, 3.8) is 0 Å². The Morgan fingerprint density at radius 1 is 1.06 bits per heavy atom. The fourth-order valence-electron chi connectivity index (χ4n) is 6.12. The fourth-order valence-corrected chi connectivity index (χ4v) is 7.36. The number of thiophene rings is 1. The van der Waals surface area contributed by atoms with Crippen molar-refractivity contribution in [2.45, 2.75) is 46.5 Å². The van der Waals surface area contributed by atoms with Crippen LogP contribution in [0.3, 0.4) is 0 Å². The van der Waals surface area contributed by atoms with Crippen LogP contribution in [0.15, 0.2) is 78.5 Å². The molecule has 36 heavy (non-hydrogen) atoms. The average molecular weight is 494 g/mol. The van der Waals surface area contributed by atoms with Crippen LogP contribution < -0.4 is 0 Å². The third kappa shape index (κ3) is 3.81. The average Bonchev–Trinajstić information content (AvgIpc) is 3.53. The zero-order valence-electron chi connectivity index (χ0n) is 21.3. The Morgan fingerprint density at radius 2 is 1.81 bits per heavy atom. The van der Waals surface area contributed by atoms with E-state index in [0.29, 0.717) is 11.3 Å². The van der Waals surface area contributed by atoms with Gasteiger partial charge in [-0.25, -0.2) is 0 Å². The minimum atomic E-state index is -0.161. The van der Waals surface area contributed by atoms with Crippen LogP contribution >= 0.6 is 11.3 Å². The van der Waals surface area contributed by atoms with E-state index in [9.17, 15) is 0 Å². The van der Waals surface area contributed by atoms with Gasteiger partial charge < -0.3 is 0 Å². The zero-order chi connectivity index (χ0) is 25.0. The molecule has 3 heteroatoms. The van der Waals surface area contributed by atoms with Gasteiger partial charge in [0.05, 0.1) is 12.5 Å². The highest BCUT2D eigenvalue weighted by molar-refractivity contribution is 7.25. The van der Waals surface area contributed by atoms with Gasteiger partial charge in [0.2, 0.25) is 0 Å². The lowest BCUT2D eigenvalue weighted by Crippen LogP contribution is -2.27. The molecular formula is C33H32FNS. The number of hydrogen-bond donors (Lipinski definition) is 0. The number of allylic oxidation sites excluding steroid dienone is 2. The van der Waals surface area contributed by atoms with Crippen molar-refractivity contribution in [1.82, 2.24) is 0 Å². The molecule has 1 aromatic heterocycles. The number of fused-ring (bicyclic) bond motifs is 3. The zero-order valence-corrected chi connectivity index (χ0v) is 22.1. The first-order valence-corrected chi connectivity index (χ1v) is 13.7. The number of hydrogen-bond acceptors (Lipinski definition) is 0. The van der Waals surface area contributed by atoms with Gasteiger partial charge in [-0.1, -0.05) is 129 Å². The minimum absolute atomic E-state index is 0.118. The molecule has 2 heterocycles. The third-order valence-corrected chi connectivity index (χ3v) is 9.51. The molecule has 0 unspecified atom stereocenters. The van der Waals surface area contributed by atoms with Crippen molar-refractivity contribution in [3.8, 4) is 11.1 Å². The molecule has 6 rings (SSSR count). The van der Waals surface area contributed by atoms with Gasteiger partial charge in [0, 0.05) is 0 Å². The van der Waals surface area contributed by atoms with Crippen LogP contribution in [-0.2, 0) is 0 Å². The summed E-state index contributed by atoms with van der Waals surface area (Å²) in [6.45, 7) is 11.2. The van der Waals surface area contributed by atoms with Gasteiger partial charge in [0.1, 0.15) is 28.3 Å². The van der Waals surface area contributed by atoms with Gasteiger partial charge in [0.25, 0.3) is 0 Å². The Kier molecular flexibility index (Phi) is 5.64. The van der Waals surface area contributed by atoms with E-state index < -0.39 is 0 Å². The molecule has 0 spiro atoms. The van der Waals surface area contributed by atoms with E-state index in [2.05, 4.69) is 64.0 Å². The number of rotatable bonds is 4. The van der Waals surface area contributed by atoms with Crippen LogP contribution in [0.1, 0.15) is 50.7 Å². The van der Waals surface area contributed by atoms with Crippen LogP contribution in [0.2, 0.25) is 0 Å². The summed E-state index contributed by atoms with van der Waals surface area (Å²) in [4.78, 5) is 0. The molecule has 0 atom stereocenters. The first kappa shape index (κ1) is 23.2. The molecule has 1 fully saturated rings. The smallest absolute Gasteiger partial charge is 0.162 e. The normalized spacial score (nSPS) is 16.9. The van der Waals surface area contributed by atoms with E-state index in [4.69, 9.17) is 0 Å². The molecule has 1 nitrogen and oxygen atoms in total. The van der Waals surface area contributed by atoms with Crippen LogP contribution in [0, 0.1) is 30.1 Å². The maximum Gasteiger partial charge on any atom is 0.162 e. The standard InChI is InChI=1S/C33H32FNS/c1-21-16-30-27(32-28(34)17-23(18-31(32)36-30)22-10-6-5-7-11-22)20-26(21)29-19-25(14-15-35(29)4)33(2,3)24-12-8-9-13-24/h5-7,10-11,14-20,24H,4,8-9,12-13H2,1-3H3. The van der Waals surface area contributed by atoms with Crippen LogP contribution in [0.4, 0.5) is 4.39 Å². The Hall–Kier alpha value is -3.17. The van der Waals surface area contributed by atoms with Gasteiger partial charge in [0.15, 0.2) is 4.70 Å². The quantitative estimate of drug-likeness (QED) is 0.151. The Labute approximate surface area is 217 Å². The molecule has 182 valence electrons. The highest BCUT2D eigenvalue weighted by atomic mass is 32.1. The largest absolute Gasteiger partial charge is 0.255 e. The molecule has 4 aromatic rings. The SMILES string of the molecule is C=[N+]1C=CC(C(C)(C)C2CCCC2)=C[C-]1c1cc2c(cc1C)[s+][c-]1cc(-c3ccccc3)cc(F)c21. The fraction of sp³-hybridized carbons (Fsp3) is 0.273. The van der Waals surface area contributed by atoms with Crippen molar-refractivity contribution in [2.75, 3.05) is 0 Å². The summed E-state index contributed by atoms with van der Waals surface area (Å²) in [5.74, 6) is 0.550. The summed E-state index contributed by atoms with van der Waals surface area (Å²) in [5.41, 5.74) is 5.73. The summed E-state index contributed by atoms with van der Waals surface area (Å²) in [6, 6.07) is 19.3. The molecule has 1 aliphatic heterocycles. The van der Waals surface area contributed by atoms with Crippen molar-refractivity contribution < 1.29 is 8.97 Å². The molecule has 0 amide bonds. The number of halogens is 1. The van der Waals surface area contributed by atoms with Crippen molar-refractivity contribution in [3.05, 3.63) is 102 Å². The lowest BCUT2D eigenvalue weighted by atomic mass is 9.70. The van der Waals surface area contributed by atoms with E-state index in [1.54, 1.807) is 17.4 Å². The molecule has 1 saturated carbocycles. The van der Waals surface area contributed by atoms with Crippen LogP contribution in [-0.4, -0.2) is 11.3 Å². The van der Waals surface area contributed by atoms with Gasteiger partial charge in [-0.05, 0) is 28.4 Å². The second-order valence-electron chi connectivity index (χ2n) is 10.9. The predicted molar refractivity (Wildman–Crippen MR) is 152 cm³/mol. The van der Waals surface area contributed by atoms with E-state index in [-0.39, 0.29) is 11.2 Å². The summed E-state index contributed by atoms with van der Waals surface area (Å²) in [5, 5.41) is 1.70. The lowest BCUT2D eigenvalue weighted by molar-refractivity contribution is -0.418. The Bertz CT molecular complexity index is 1550. The topological polar surface area (TPSA) is 3.01 Å². The monoisotopic (exact) mass is 493 g/mol. The number of benzene rings is 3. The molecular weight excluding hydrogens is 461 g/mol. The van der Waals surface area contributed by atoms with E-state index >= 15 is 4.39 Å². The maximum atomic E-state index is 15.6. The highest BCUT2D eigenvalue weighted by Crippen LogP contribution is 2.47. The highest BCUT2D eigenvalue weighted by Gasteiger charge is 2.35. The van der Waals surface area contributed by atoms with Crippen LogP contribution in [0.5, 0.6) is 0 Å². The summed E-state index contributed by atoms with van der Waals surface area (Å²) in [7, 11) is 0. The van der Waals surface area contributed by atoms with E-state index in [0.717, 1.165) is 37.5 Å². The molecule has 0 N–H and O–H groups in total. The Balaban J connectivity index is 1.46. The van der Waals surface area contributed by atoms with Crippen LogP contribution in [0.25, 0.3) is 31.3 Å². The number of nitrogens with zero attached hydrogens (tertiary/aromatic N) is 1. The van der Waals surface area contributed by atoms with Gasteiger partial charge in [-0.3, -0.25) is 8.97 Å². The molecule has 2 aliphatic rings. The van der Waals surface area contributed by atoms with E-state index in [1.807, 2.05) is 34.9 Å². The molecule has 0 bridgehead atoms. The lowest BCUT2D eigenvalue weighted by Gasteiger charge is -2.37. The van der Waals surface area contributed by atoms with E-state index in [1.165, 1.54) is 36.8 Å². The predicted octanol–water partition coefficient (Wildman–Crippen LogP) is 9.43. The maximum absolute atomic E-state index is 15.6. The van der Waals surface area contributed by atoms with Gasteiger partial charge in [-0.2, -0.15) is 0 Å². The summed E-state index contributed by atoms with van der Waals surface area (Å²) >= 11 is 1.67. The number of aryl methyl sites for hydroxylation is 1. The Morgan fingerprint density at radius 3 is 2.56 bits per heavy atom. The van der Waals surface area contributed by atoms with Crippen molar-refractivity contribution in [2.24, 2.45) is 11.3 Å². The first-order valence-electron chi connectivity index (χ1n) is 12.9. The second kappa shape index (κ2) is 8.74. The minimum Gasteiger partial charge on any atom is -0.255 e. The second-order valence-corrected chi connectivity index (χ2v) is 12.0. The summed E-state index contributed by atoms with van der Waals surface area (Å²) < 4.78 is 19.7. The van der Waals surface area contributed by atoms with Gasteiger partial charge in [-0.15, -0.1) is 6.07 Å². The third-order valence-electron chi connectivity index (χ3n) is 8.41. The van der Waals surface area contributed by atoms with Gasteiger partial charge >= 0.3 is 0 Å². The molecule has 1 aliphatic carbocycles. The van der Waals surface area contributed by atoms with Crippen molar-refractivity contribution in [1.29, 1.82) is 0 Å². The molecule has 0 radical (unpaired) electrons. The first-order chi connectivity index (χ1) is 17.3. The molecule has 0 saturated heterocycles. The molecule has 3 aromatic carbocycles. The van der Waals surface area contributed by atoms with Crippen molar-refractivity contribution >= 4 is 38.2 Å².